The lowest BCUT2D eigenvalue weighted by Gasteiger charge is -2.22. The zero-order valence-corrected chi connectivity index (χ0v) is 11.6. The van der Waals surface area contributed by atoms with Crippen LogP contribution < -0.4 is 10.1 Å². The molecule has 1 unspecified atom stereocenters. The van der Waals surface area contributed by atoms with Crippen molar-refractivity contribution in [2.45, 2.75) is 59.2 Å². The summed E-state index contributed by atoms with van der Waals surface area (Å²) in [5, 5.41) is 3.45. The molecule has 1 aromatic rings. The van der Waals surface area contributed by atoms with Crippen LogP contribution in [-0.2, 0) is 6.54 Å². The van der Waals surface area contributed by atoms with Crippen LogP contribution in [-0.4, -0.2) is 16.6 Å². The molecule has 3 nitrogen and oxygen atoms in total. The van der Waals surface area contributed by atoms with Gasteiger partial charge in [-0.05, 0) is 40.2 Å². The lowest BCUT2D eigenvalue weighted by atomic mass is 10.1. The molecular formula is C14H24N2O. The second kappa shape index (κ2) is 6.01. The molecule has 0 saturated carbocycles. The fourth-order valence-corrected chi connectivity index (χ4v) is 1.32. The second-order valence-electron chi connectivity index (χ2n) is 5.42. The predicted molar refractivity (Wildman–Crippen MR) is 71.2 cm³/mol. The van der Waals surface area contributed by atoms with Crippen LogP contribution in [0, 0.1) is 0 Å². The Kier molecular flexibility index (Phi) is 4.94. The van der Waals surface area contributed by atoms with Crippen molar-refractivity contribution in [1.29, 1.82) is 0 Å². The maximum Gasteiger partial charge on any atom is 0.127 e. The van der Waals surface area contributed by atoms with Crippen LogP contribution in [0.15, 0.2) is 18.5 Å². The van der Waals surface area contributed by atoms with Crippen molar-refractivity contribution < 1.29 is 4.74 Å². The first-order valence-electron chi connectivity index (χ1n) is 6.27. The van der Waals surface area contributed by atoms with Crippen LogP contribution in [0.2, 0.25) is 0 Å². The molecule has 0 aliphatic carbocycles. The summed E-state index contributed by atoms with van der Waals surface area (Å²) in [6.45, 7) is 11.4. The van der Waals surface area contributed by atoms with Gasteiger partial charge in [0.25, 0.3) is 0 Å². The largest absolute Gasteiger partial charge is 0.490 e. The fraction of sp³-hybridized carbons (Fsp3) is 0.643. The minimum absolute atomic E-state index is 0.101. The quantitative estimate of drug-likeness (QED) is 0.852. The third-order valence-corrected chi connectivity index (χ3v) is 2.57. The molecule has 0 aliphatic rings. The summed E-state index contributed by atoms with van der Waals surface area (Å²) in [6.07, 6.45) is 4.90. The maximum atomic E-state index is 5.88. The average molecular weight is 236 g/mol. The summed E-state index contributed by atoms with van der Waals surface area (Å²) in [5.74, 6) is 0.936. The monoisotopic (exact) mass is 236 g/mol. The first-order chi connectivity index (χ1) is 7.92. The third-order valence-electron chi connectivity index (χ3n) is 2.57. The molecule has 17 heavy (non-hydrogen) atoms. The number of pyridine rings is 1. The fourth-order valence-electron chi connectivity index (χ4n) is 1.32. The summed E-state index contributed by atoms with van der Waals surface area (Å²) >= 11 is 0. The van der Waals surface area contributed by atoms with Crippen molar-refractivity contribution in [1.82, 2.24) is 10.3 Å². The van der Waals surface area contributed by atoms with Gasteiger partial charge >= 0.3 is 0 Å². The molecule has 0 aromatic carbocycles. The van der Waals surface area contributed by atoms with Crippen molar-refractivity contribution in [3.8, 4) is 5.75 Å². The van der Waals surface area contributed by atoms with Crippen molar-refractivity contribution in [2.24, 2.45) is 0 Å². The van der Waals surface area contributed by atoms with Gasteiger partial charge in [0, 0.05) is 30.0 Å². The Hall–Kier alpha value is -1.09. The molecule has 1 N–H and O–H groups in total. The van der Waals surface area contributed by atoms with E-state index in [1.807, 2.05) is 12.3 Å². The maximum absolute atomic E-state index is 5.88. The highest BCUT2D eigenvalue weighted by Gasteiger charge is 2.12. The Labute approximate surface area is 105 Å². The van der Waals surface area contributed by atoms with Crippen LogP contribution in [0.5, 0.6) is 5.75 Å². The Morgan fingerprint density at radius 3 is 2.71 bits per heavy atom. The van der Waals surface area contributed by atoms with Crippen LogP contribution >= 0.6 is 0 Å². The molecule has 3 heteroatoms. The number of rotatable bonds is 5. The molecule has 1 aromatic heterocycles. The summed E-state index contributed by atoms with van der Waals surface area (Å²) in [4.78, 5) is 4.16. The van der Waals surface area contributed by atoms with Gasteiger partial charge in [-0.15, -0.1) is 0 Å². The zero-order valence-electron chi connectivity index (χ0n) is 11.6. The van der Waals surface area contributed by atoms with Gasteiger partial charge in [-0.3, -0.25) is 4.98 Å². The van der Waals surface area contributed by atoms with Gasteiger partial charge in [0.05, 0.1) is 6.10 Å². The van der Waals surface area contributed by atoms with Gasteiger partial charge in [-0.2, -0.15) is 0 Å². The van der Waals surface area contributed by atoms with E-state index in [0.29, 0.717) is 0 Å². The van der Waals surface area contributed by atoms with Crippen LogP contribution in [0.3, 0.4) is 0 Å². The molecular weight excluding hydrogens is 212 g/mol. The molecule has 0 fully saturated rings. The molecule has 1 atom stereocenters. The van der Waals surface area contributed by atoms with E-state index in [0.717, 1.165) is 24.3 Å². The Morgan fingerprint density at radius 1 is 1.41 bits per heavy atom. The van der Waals surface area contributed by atoms with E-state index in [1.54, 1.807) is 6.20 Å². The molecule has 0 aliphatic heterocycles. The molecule has 0 spiro atoms. The van der Waals surface area contributed by atoms with Crippen LogP contribution in [0.1, 0.15) is 46.6 Å². The highest BCUT2D eigenvalue weighted by atomic mass is 16.5. The molecule has 0 bridgehead atoms. The predicted octanol–water partition coefficient (Wildman–Crippen LogP) is 3.15. The van der Waals surface area contributed by atoms with Crippen molar-refractivity contribution >= 4 is 0 Å². The third kappa shape index (κ3) is 5.18. The number of hydrogen-bond donors (Lipinski definition) is 1. The van der Waals surface area contributed by atoms with E-state index < -0.39 is 0 Å². The van der Waals surface area contributed by atoms with Crippen LogP contribution in [0.25, 0.3) is 0 Å². The van der Waals surface area contributed by atoms with E-state index in [1.165, 1.54) is 0 Å². The first kappa shape index (κ1) is 14.0. The van der Waals surface area contributed by atoms with E-state index in [9.17, 15) is 0 Å². The minimum Gasteiger partial charge on any atom is -0.490 e. The molecule has 1 heterocycles. The molecule has 96 valence electrons. The topological polar surface area (TPSA) is 34.1 Å². The highest BCUT2D eigenvalue weighted by Crippen LogP contribution is 2.19. The van der Waals surface area contributed by atoms with Crippen molar-refractivity contribution in [2.75, 3.05) is 0 Å². The SMILES string of the molecule is CCC(C)Oc1ccncc1CNC(C)(C)C. The summed E-state index contributed by atoms with van der Waals surface area (Å²) < 4.78 is 5.88. The highest BCUT2D eigenvalue weighted by molar-refractivity contribution is 5.30. The van der Waals surface area contributed by atoms with Gasteiger partial charge < -0.3 is 10.1 Å². The summed E-state index contributed by atoms with van der Waals surface area (Å²) in [6, 6.07) is 1.94. The first-order valence-corrected chi connectivity index (χ1v) is 6.27. The number of hydrogen-bond acceptors (Lipinski definition) is 3. The Morgan fingerprint density at radius 2 is 2.12 bits per heavy atom. The second-order valence-corrected chi connectivity index (χ2v) is 5.42. The van der Waals surface area contributed by atoms with Gasteiger partial charge in [0.2, 0.25) is 0 Å². The molecule has 0 amide bonds. The summed E-state index contributed by atoms with van der Waals surface area (Å²) in [7, 11) is 0. The standard InChI is InChI=1S/C14H24N2O/c1-6-11(2)17-13-7-8-15-9-12(13)10-16-14(3,4)5/h7-9,11,16H,6,10H2,1-5H3. The number of aromatic nitrogens is 1. The average Bonchev–Trinajstić information content (AvgIpc) is 2.26. The lowest BCUT2D eigenvalue weighted by Crippen LogP contribution is -2.35. The van der Waals surface area contributed by atoms with E-state index >= 15 is 0 Å². The van der Waals surface area contributed by atoms with Gasteiger partial charge in [-0.1, -0.05) is 6.92 Å². The van der Waals surface area contributed by atoms with Crippen molar-refractivity contribution in [3.05, 3.63) is 24.0 Å². The normalized spacial score (nSPS) is 13.5. The summed E-state index contributed by atoms with van der Waals surface area (Å²) in [5.41, 5.74) is 1.21. The lowest BCUT2D eigenvalue weighted by molar-refractivity contribution is 0.214. The Bertz CT molecular complexity index is 344. The molecule has 0 radical (unpaired) electrons. The zero-order chi connectivity index (χ0) is 12.9. The molecule has 1 rings (SSSR count). The van der Waals surface area contributed by atoms with Gasteiger partial charge in [-0.25, -0.2) is 0 Å². The van der Waals surface area contributed by atoms with Crippen LogP contribution in [0.4, 0.5) is 0 Å². The number of nitrogens with zero attached hydrogens (tertiary/aromatic N) is 1. The van der Waals surface area contributed by atoms with E-state index in [4.69, 9.17) is 4.74 Å². The van der Waals surface area contributed by atoms with E-state index in [2.05, 4.69) is 44.9 Å². The van der Waals surface area contributed by atoms with Gasteiger partial charge in [0.1, 0.15) is 5.75 Å². The minimum atomic E-state index is 0.101. The Balaban J connectivity index is 2.70. The van der Waals surface area contributed by atoms with E-state index in [-0.39, 0.29) is 11.6 Å². The van der Waals surface area contributed by atoms with Gasteiger partial charge in [0.15, 0.2) is 0 Å². The van der Waals surface area contributed by atoms with Crippen molar-refractivity contribution in [3.63, 3.8) is 0 Å². The number of nitrogens with one attached hydrogen (secondary N) is 1. The smallest absolute Gasteiger partial charge is 0.127 e. The molecule has 0 saturated heterocycles. The number of ether oxygens (including phenoxy) is 1.